The normalized spacial score (nSPS) is 14.9. The van der Waals surface area contributed by atoms with E-state index in [2.05, 4.69) is 22.0 Å². The average Bonchev–Trinajstić information content (AvgIpc) is 3.44. The molecule has 0 unspecified atom stereocenters. The second kappa shape index (κ2) is 12.4. The van der Waals surface area contributed by atoms with Gasteiger partial charge >= 0.3 is 0 Å². The second-order valence-electron chi connectivity index (χ2n) is 8.22. The van der Waals surface area contributed by atoms with Gasteiger partial charge < -0.3 is 25.1 Å². The molecule has 3 N–H and O–H groups in total. The van der Waals surface area contributed by atoms with E-state index < -0.39 is 5.92 Å². The molecule has 3 aromatic rings. The number of furan rings is 1. The average molecular weight is 549 g/mol. The van der Waals surface area contributed by atoms with Gasteiger partial charge in [0.25, 0.3) is 5.91 Å². The number of hydrogen-bond acceptors (Lipinski definition) is 7. The van der Waals surface area contributed by atoms with Crippen LogP contribution >= 0.6 is 23.4 Å². The topological polar surface area (TPSA) is 116 Å². The first-order valence-corrected chi connectivity index (χ1v) is 13.1. The van der Waals surface area contributed by atoms with Gasteiger partial charge in [0.1, 0.15) is 11.5 Å². The van der Waals surface area contributed by atoms with Gasteiger partial charge in [-0.2, -0.15) is 5.26 Å². The molecule has 0 saturated heterocycles. The Hall–Kier alpha value is -4.13. The third kappa shape index (κ3) is 6.40. The highest BCUT2D eigenvalue weighted by atomic mass is 35.5. The zero-order chi connectivity index (χ0) is 27.1. The Morgan fingerprint density at radius 3 is 2.42 bits per heavy atom. The highest BCUT2D eigenvalue weighted by Crippen LogP contribution is 2.41. The maximum Gasteiger partial charge on any atom is 0.254 e. The lowest BCUT2D eigenvalue weighted by molar-refractivity contribution is -0.114. The first-order valence-electron chi connectivity index (χ1n) is 11.8. The van der Waals surface area contributed by atoms with E-state index in [1.165, 1.54) is 18.0 Å². The number of nitriles is 1. The number of ether oxygens (including phenoxy) is 1. The number of carbonyl (C=O) groups excluding carboxylic acids is 2. The molecule has 0 spiro atoms. The number of benzene rings is 2. The van der Waals surface area contributed by atoms with E-state index in [0.29, 0.717) is 45.1 Å². The molecule has 1 aromatic heterocycles. The molecule has 0 radical (unpaired) electrons. The van der Waals surface area contributed by atoms with Crippen molar-refractivity contribution < 1.29 is 18.7 Å². The van der Waals surface area contributed by atoms with E-state index in [1.54, 1.807) is 67.6 Å². The molecule has 0 fully saturated rings. The predicted molar refractivity (Wildman–Crippen MR) is 149 cm³/mol. The fourth-order valence-corrected chi connectivity index (χ4v) is 4.95. The van der Waals surface area contributed by atoms with Crippen LogP contribution < -0.4 is 20.7 Å². The minimum absolute atomic E-state index is 0.0468. The van der Waals surface area contributed by atoms with Crippen molar-refractivity contribution in [2.45, 2.75) is 19.8 Å². The quantitative estimate of drug-likeness (QED) is 0.298. The van der Waals surface area contributed by atoms with Crippen LogP contribution in [0.5, 0.6) is 5.75 Å². The molecule has 38 heavy (non-hydrogen) atoms. The minimum Gasteiger partial charge on any atom is -0.494 e. The fourth-order valence-electron chi connectivity index (χ4n) is 3.94. The summed E-state index contributed by atoms with van der Waals surface area (Å²) in [5, 5.41) is 20.0. The Balaban J connectivity index is 1.53. The smallest absolute Gasteiger partial charge is 0.254 e. The highest BCUT2D eigenvalue weighted by molar-refractivity contribution is 8.03. The molecule has 0 bridgehead atoms. The van der Waals surface area contributed by atoms with Crippen molar-refractivity contribution in [2.24, 2.45) is 0 Å². The van der Waals surface area contributed by atoms with Gasteiger partial charge in [0.15, 0.2) is 0 Å². The molecule has 2 amide bonds. The Morgan fingerprint density at radius 1 is 1.11 bits per heavy atom. The zero-order valence-corrected chi connectivity index (χ0v) is 22.3. The maximum atomic E-state index is 13.4. The van der Waals surface area contributed by atoms with Gasteiger partial charge in [0, 0.05) is 22.1 Å². The number of amides is 2. The molecule has 194 valence electrons. The molecule has 1 atom stereocenters. The first-order chi connectivity index (χ1) is 18.4. The number of rotatable bonds is 9. The summed E-state index contributed by atoms with van der Waals surface area (Å²) in [7, 11) is 0. The molecule has 1 aliphatic heterocycles. The number of carbonyl (C=O) groups is 2. The Bertz CT molecular complexity index is 1410. The van der Waals surface area contributed by atoms with Crippen molar-refractivity contribution in [1.29, 1.82) is 5.26 Å². The molecule has 2 heterocycles. The number of halogens is 1. The lowest BCUT2D eigenvalue weighted by atomic mass is 9.85. The van der Waals surface area contributed by atoms with Crippen LogP contribution in [0.1, 0.15) is 25.5 Å². The summed E-state index contributed by atoms with van der Waals surface area (Å²) < 4.78 is 11.1. The van der Waals surface area contributed by atoms with Gasteiger partial charge in [-0.25, -0.2) is 0 Å². The second-order valence-corrected chi connectivity index (χ2v) is 9.64. The van der Waals surface area contributed by atoms with Crippen molar-refractivity contribution in [3.8, 4) is 11.8 Å². The van der Waals surface area contributed by atoms with Gasteiger partial charge in [0.05, 0.1) is 46.8 Å². The number of anilines is 2. The van der Waals surface area contributed by atoms with Gasteiger partial charge in [-0.1, -0.05) is 23.4 Å². The van der Waals surface area contributed by atoms with Gasteiger partial charge in [-0.15, -0.1) is 0 Å². The number of dihydropyridines is 1. The van der Waals surface area contributed by atoms with Crippen LogP contribution in [0.25, 0.3) is 0 Å². The predicted octanol–water partition coefficient (Wildman–Crippen LogP) is 6.04. The Labute approximate surface area is 229 Å². The number of nitrogens with zero attached hydrogens (tertiary/aromatic N) is 1. The summed E-state index contributed by atoms with van der Waals surface area (Å²) >= 11 is 7.14. The molecule has 8 nitrogen and oxygen atoms in total. The summed E-state index contributed by atoms with van der Waals surface area (Å²) in [4.78, 5) is 26.0. The molecular formula is C28H25ClN4O4S. The van der Waals surface area contributed by atoms with Crippen molar-refractivity contribution in [1.82, 2.24) is 5.32 Å². The van der Waals surface area contributed by atoms with Gasteiger partial charge in [0.2, 0.25) is 5.91 Å². The van der Waals surface area contributed by atoms with Crippen LogP contribution in [0.2, 0.25) is 5.02 Å². The van der Waals surface area contributed by atoms with Crippen LogP contribution in [0, 0.1) is 11.3 Å². The molecule has 1 aliphatic rings. The number of nitrogens with one attached hydrogen (secondary N) is 3. The maximum absolute atomic E-state index is 13.4. The minimum atomic E-state index is -0.750. The monoisotopic (exact) mass is 548 g/mol. The summed E-state index contributed by atoms with van der Waals surface area (Å²) in [6.07, 6.45) is 1.49. The molecule has 10 heteroatoms. The zero-order valence-electron chi connectivity index (χ0n) is 20.7. The SMILES string of the molecule is CCOc1ccc(NC(=O)CSC2=C(C#N)[C@@H](c3ccco3)C(C(=O)Nc3ccc(Cl)cc3)=C(C)N2)cc1. The third-order valence-electron chi connectivity index (χ3n) is 5.62. The van der Waals surface area contributed by atoms with E-state index in [4.69, 9.17) is 20.8 Å². The summed E-state index contributed by atoms with van der Waals surface area (Å²) in [5.41, 5.74) is 2.37. The lowest BCUT2D eigenvalue weighted by Crippen LogP contribution is -2.31. The number of thioether (sulfide) groups is 1. The van der Waals surface area contributed by atoms with E-state index in [9.17, 15) is 14.9 Å². The molecule has 4 rings (SSSR count). The van der Waals surface area contributed by atoms with Gasteiger partial charge in [-0.3, -0.25) is 9.59 Å². The molecule has 2 aromatic carbocycles. The highest BCUT2D eigenvalue weighted by Gasteiger charge is 2.36. The van der Waals surface area contributed by atoms with E-state index in [0.717, 1.165) is 5.75 Å². The molecule has 0 saturated carbocycles. The fraction of sp³-hybridized carbons (Fsp3) is 0.179. The summed E-state index contributed by atoms with van der Waals surface area (Å²) in [5.74, 6) is -0.166. The van der Waals surface area contributed by atoms with Crippen LogP contribution in [-0.2, 0) is 9.59 Å². The summed E-state index contributed by atoms with van der Waals surface area (Å²) in [6, 6.07) is 19.5. The van der Waals surface area contributed by atoms with Crippen LogP contribution in [0.4, 0.5) is 11.4 Å². The first kappa shape index (κ1) is 26.9. The standard InChI is InChI=1S/C28H25ClN4O4S/c1-3-36-21-12-10-19(11-13-21)32-24(34)16-38-28-22(15-30)26(23-5-4-14-37-23)25(17(2)31-28)27(35)33-20-8-6-18(29)7-9-20/h4-14,26,31H,3,16H2,1-2H3,(H,32,34)(H,33,35)/t26-/m0/s1. The third-order valence-corrected chi connectivity index (χ3v) is 6.89. The van der Waals surface area contributed by atoms with Gasteiger partial charge in [-0.05, 0) is 74.5 Å². The van der Waals surface area contributed by atoms with E-state index >= 15 is 0 Å². The van der Waals surface area contributed by atoms with Crippen LogP contribution in [-0.4, -0.2) is 24.2 Å². The van der Waals surface area contributed by atoms with E-state index in [1.807, 2.05) is 6.92 Å². The largest absolute Gasteiger partial charge is 0.494 e. The van der Waals surface area contributed by atoms with Crippen molar-refractivity contribution in [2.75, 3.05) is 23.0 Å². The summed E-state index contributed by atoms with van der Waals surface area (Å²) in [6.45, 7) is 4.21. The lowest BCUT2D eigenvalue weighted by Gasteiger charge is -2.28. The van der Waals surface area contributed by atoms with Crippen molar-refractivity contribution in [3.05, 3.63) is 99.6 Å². The van der Waals surface area contributed by atoms with Crippen LogP contribution in [0.15, 0.2) is 93.2 Å². The number of hydrogen-bond donors (Lipinski definition) is 3. The Kier molecular flexibility index (Phi) is 8.79. The molecular weight excluding hydrogens is 524 g/mol. The van der Waals surface area contributed by atoms with Crippen molar-refractivity contribution in [3.63, 3.8) is 0 Å². The van der Waals surface area contributed by atoms with Crippen LogP contribution in [0.3, 0.4) is 0 Å². The number of allylic oxidation sites excluding steroid dienone is 2. The van der Waals surface area contributed by atoms with Crippen molar-refractivity contribution >= 4 is 46.6 Å². The Morgan fingerprint density at radius 2 is 1.79 bits per heavy atom. The van der Waals surface area contributed by atoms with E-state index in [-0.39, 0.29) is 23.1 Å². The molecule has 0 aliphatic carbocycles.